The number of hydrogen-bond donors (Lipinski definition) is 3. The van der Waals surface area contributed by atoms with Gasteiger partial charge in [-0.05, 0) is 87.4 Å². The number of alkyl carbamates (subject to hydrolysis) is 1. The second kappa shape index (κ2) is 12.8. The van der Waals surface area contributed by atoms with Crippen LogP contribution in [0.15, 0.2) is 96.0 Å². The molecule has 0 aliphatic heterocycles. The van der Waals surface area contributed by atoms with Crippen molar-refractivity contribution in [2.24, 2.45) is 5.14 Å². The summed E-state index contributed by atoms with van der Waals surface area (Å²) in [4.78, 5) is 21.3. The molecule has 1 amide bonds. The standard InChI is InChI=1S/C30H33N5O5S/c1-30(2,3)40-29(36)34-24(19-21-7-5-4-6-8-21)20-39-25-13-9-22(10-14-25)27-17-18-32-28(35-27)33-23-11-15-26(16-12-23)41(31,37)38/h4-18,24H,19-20H2,1-3H3,(H,34,36)(H2,31,37,38)(H,32,33,35)/t24-/m1/s1. The molecule has 0 radical (unpaired) electrons. The second-order valence-electron chi connectivity index (χ2n) is 10.3. The Kier molecular flexibility index (Phi) is 9.21. The van der Waals surface area contributed by atoms with Crippen molar-refractivity contribution in [1.82, 2.24) is 15.3 Å². The third-order valence-corrected chi connectivity index (χ3v) is 6.67. The summed E-state index contributed by atoms with van der Waals surface area (Å²) in [5.74, 6) is 0.989. The summed E-state index contributed by atoms with van der Waals surface area (Å²) in [5, 5.41) is 11.1. The maximum absolute atomic E-state index is 12.4. The molecule has 0 bridgehead atoms. The van der Waals surface area contributed by atoms with Crippen molar-refractivity contribution in [3.05, 3.63) is 96.7 Å². The zero-order valence-electron chi connectivity index (χ0n) is 23.1. The van der Waals surface area contributed by atoms with E-state index in [0.29, 0.717) is 29.5 Å². The van der Waals surface area contributed by atoms with Crippen LogP contribution in [0.25, 0.3) is 11.3 Å². The zero-order valence-corrected chi connectivity index (χ0v) is 23.9. The van der Waals surface area contributed by atoms with Crippen molar-refractivity contribution in [2.75, 3.05) is 11.9 Å². The van der Waals surface area contributed by atoms with E-state index in [4.69, 9.17) is 14.6 Å². The molecule has 1 heterocycles. The first kappa shape index (κ1) is 29.5. The molecule has 1 atom stereocenters. The summed E-state index contributed by atoms with van der Waals surface area (Å²) in [5.41, 5.74) is 2.61. The molecular weight excluding hydrogens is 542 g/mol. The van der Waals surface area contributed by atoms with E-state index >= 15 is 0 Å². The van der Waals surface area contributed by atoms with Crippen LogP contribution in [0.2, 0.25) is 0 Å². The van der Waals surface area contributed by atoms with Gasteiger partial charge < -0.3 is 20.1 Å². The molecule has 4 N–H and O–H groups in total. The van der Waals surface area contributed by atoms with Gasteiger partial charge in [0.25, 0.3) is 0 Å². The predicted molar refractivity (Wildman–Crippen MR) is 157 cm³/mol. The third kappa shape index (κ3) is 9.30. The highest BCUT2D eigenvalue weighted by Crippen LogP contribution is 2.23. The van der Waals surface area contributed by atoms with Crippen molar-refractivity contribution in [1.29, 1.82) is 0 Å². The zero-order chi connectivity index (χ0) is 29.5. The largest absolute Gasteiger partial charge is 0.491 e. The highest BCUT2D eigenvalue weighted by molar-refractivity contribution is 7.89. The van der Waals surface area contributed by atoms with Crippen LogP contribution < -0.4 is 20.5 Å². The van der Waals surface area contributed by atoms with Crippen LogP contribution in [0, 0.1) is 0 Å². The average molecular weight is 576 g/mol. The van der Waals surface area contributed by atoms with Crippen molar-refractivity contribution >= 4 is 27.8 Å². The lowest BCUT2D eigenvalue weighted by Crippen LogP contribution is -2.43. The minimum Gasteiger partial charge on any atom is -0.491 e. The molecule has 4 rings (SSSR count). The van der Waals surface area contributed by atoms with Gasteiger partial charge in [-0.2, -0.15) is 0 Å². The van der Waals surface area contributed by atoms with Crippen LogP contribution in [-0.2, 0) is 21.2 Å². The number of hydrogen-bond acceptors (Lipinski definition) is 8. The van der Waals surface area contributed by atoms with E-state index in [2.05, 4.69) is 20.6 Å². The number of sulfonamides is 1. The fourth-order valence-corrected chi connectivity index (χ4v) is 4.40. The van der Waals surface area contributed by atoms with Gasteiger partial charge in [-0.3, -0.25) is 0 Å². The number of benzene rings is 3. The van der Waals surface area contributed by atoms with E-state index in [0.717, 1.165) is 11.1 Å². The van der Waals surface area contributed by atoms with Crippen molar-refractivity contribution < 1.29 is 22.7 Å². The summed E-state index contributed by atoms with van der Waals surface area (Å²) in [6.07, 6.45) is 1.72. The molecule has 0 aliphatic carbocycles. The number of carbonyl (C=O) groups is 1. The number of amides is 1. The Morgan fingerprint density at radius 1 is 0.951 bits per heavy atom. The molecule has 0 unspecified atom stereocenters. The molecule has 0 spiro atoms. The van der Waals surface area contributed by atoms with Crippen LogP contribution >= 0.6 is 0 Å². The second-order valence-corrected chi connectivity index (χ2v) is 11.9. The molecular formula is C30H33N5O5S. The fourth-order valence-electron chi connectivity index (χ4n) is 3.88. The van der Waals surface area contributed by atoms with E-state index in [-0.39, 0.29) is 17.5 Å². The number of rotatable bonds is 10. The van der Waals surface area contributed by atoms with E-state index in [1.54, 1.807) is 24.4 Å². The first-order valence-electron chi connectivity index (χ1n) is 12.9. The lowest BCUT2D eigenvalue weighted by Gasteiger charge is -2.24. The average Bonchev–Trinajstić information content (AvgIpc) is 2.91. The minimum absolute atomic E-state index is 0.0204. The summed E-state index contributed by atoms with van der Waals surface area (Å²) in [6, 6.07) is 24.8. The van der Waals surface area contributed by atoms with E-state index in [1.165, 1.54) is 12.1 Å². The van der Waals surface area contributed by atoms with E-state index < -0.39 is 21.7 Å². The van der Waals surface area contributed by atoms with Gasteiger partial charge in [-0.15, -0.1) is 0 Å². The molecule has 0 saturated heterocycles. The molecule has 41 heavy (non-hydrogen) atoms. The SMILES string of the molecule is CC(C)(C)OC(=O)N[C@@H](COc1ccc(-c2ccnc(Nc3ccc(S(N)(=O)=O)cc3)n2)cc1)Cc1ccccc1. The van der Waals surface area contributed by atoms with Gasteiger partial charge in [-0.1, -0.05) is 30.3 Å². The van der Waals surface area contributed by atoms with E-state index in [1.807, 2.05) is 75.4 Å². The van der Waals surface area contributed by atoms with Crippen LogP contribution in [0.3, 0.4) is 0 Å². The quantitative estimate of drug-likeness (QED) is 0.238. The van der Waals surface area contributed by atoms with Crippen molar-refractivity contribution in [3.8, 4) is 17.0 Å². The van der Waals surface area contributed by atoms with Gasteiger partial charge in [0.05, 0.1) is 16.6 Å². The number of primary sulfonamides is 1. The van der Waals surface area contributed by atoms with E-state index in [9.17, 15) is 13.2 Å². The summed E-state index contributed by atoms with van der Waals surface area (Å²) >= 11 is 0. The number of ether oxygens (including phenoxy) is 2. The Labute approximate surface area is 240 Å². The smallest absolute Gasteiger partial charge is 0.408 e. The number of anilines is 2. The predicted octanol–water partition coefficient (Wildman–Crippen LogP) is 5.05. The normalized spacial score (nSPS) is 12.3. The highest BCUT2D eigenvalue weighted by Gasteiger charge is 2.20. The molecule has 0 fully saturated rings. The molecule has 10 nitrogen and oxygen atoms in total. The molecule has 0 saturated carbocycles. The highest BCUT2D eigenvalue weighted by atomic mass is 32.2. The number of nitrogens with zero attached hydrogens (tertiary/aromatic N) is 2. The monoisotopic (exact) mass is 575 g/mol. The summed E-state index contributed by atoms with van der Waals surface area (Å²) < 4.78 is 34.4. The maximum Gasteiger partial charge on any atom is 0.408 e. The van der Waals surface area contributed by atoms with Crippen LogP contribution in [0.5, 0.6) is 5.75 Å². The number of nitrogens with two attached hydrogens (primary N) is 1. The summed E-state index contributed by atoms with van der Waals surface area (Å²) in [6.45, 7) is 5.71. The van der Waals surface area contributed by atoms with Gasteiger partial charge in [0.1, 0.15) is 18.0 Å². The summed E-state index contributed by atoms with van der Waals surface area (Å²) in [7, 11) is -3.77. The van der Waals surface area contributed by atoms with Crippen molar-refractivity contribution in [3.63, 3.8) is 0 Å². The van der Waals surface area contributed by atoms with Gasteiger partial charge in [0, 0.05) is 17.4 Å². The third-order valence-electron chi connectivity index (χ3n) is 5.74. The number of aromatic nitrogens is 2. The molecule has 214 valence electrons. The fraction of sp³-hybridized carbons (Fsp3) is 0.233. The Morgan fingerprint density at radius 2 is 1.63 bits per heavy atom. The molecule has 3 aromatic carbocycles. The molecule has 0 aliphatic rings. The van der Waals surface area contributed by atoms with Gasteiger partial charge in [0.15, 0.2) is 0 Å². The Balaban J connectivity index is 1.40. The first-order chi connectivity index (χ1) is 19.4. The topological polar surface area (TPSA) is 146 Å². The van der Waals surface area contributed by atoms with Gasteiger partial charge >= 0.3 is 6.09 Å². The Hall–Kier alpha value is -4.48. The Morgan fingerprint density at radius 3 is 2.27 bits per heavy atom. The van der Waals surface area contributed by atoms with Crippen LogP contribution in [0.4, 0.5) is 16.4 Å². The first-order valence-corrected chi connectivity index (χ1v) is 14.5. The number of nitrogens with one attached hydrogen (secondary N) is 2. The van der Waals surface area contributed by atoms with Gasteiger partial charge in [0.2, 0.25) is 16.0 Å². The number of carbonyl (C=O) groups excluding carboxylic acids is 1. The minimum atomic E-state index is -3.77. The van der Waals surface area contributed by atoms with Crippen LogP contribution in [-0.4, -0.2) is 42.7 Å². The lowest BCUT2D eigenvalue weighted by molar-refractivity contribution is 0.0487. The molecule has 4 aromatic rings. The molecule has 1 aromatic heterocycles. The van der Waals surface area contributed by atoms with Gasteiger partial charge in [-0.25, -0.2) is 28.3 Å². The Bertz CT molecular complexity index is 1560. The molecule has 11 heteroatoms. The maximum atomic E-state index is 12.4. The van der Waals surface area contributed by atoms with Crippen molar-refractivity contribution in [2.45, 2.75) is 43.7 Å². The van der Waals surface area contributed by atoms with Crippen LogP contribution in [0.1, 0.15) is 26.3 Å². The lowest BCUT2D eigenvalue weighted by atomic mass is 10.1.